The van der Waals surface area contributed by atoms with Crippen LogP contribution in [-0.2, 0) is 4.74 Å². The summed E-state index contributed by atoms with van der Waals surface area (Å²) in [5.74, 6) is 0.860. The van der Waals surface area contributed by atoms with Gasteiger partial charge in [0.05, 0.1) is 0 Å². The Kier molecular flexibility index (Phi) is 7.02. The molecule has 0 fully saturated rings. The second-order valence-corrected chi connectivity index (χ2v) is 5.90. The maximum Gasteiger partial charge on any atom is 0.407 e. The number of carbonyl (C=O) groups excluding carboxylic acids is 1. The standard InChI is InChI=1S/C16H26N2O3/c1-13(12-18-15(19)21-16(2,3)4)17-10-11-20-14-8-6-5-7-9-14/h5-9,13,17H,10-12H2,1-4H3,(H,18,19). The molecule has 2 N–H and O–H groups in total. The number of amides is 1. The highest BCUT2D eigenvalue weighted by molar-refractivity contribution is 5.67. The third-order valence-electron chi connectivity index (χ3n) is 2.56. The quantitative estimate of drug-likeness (QED) is 0.759. The van der Waals surface area contributed by atoms with E-state index in [4.69, 9.17) is 9.47 Å². The Hall–Kier alpha value is -1.75. The van der Waals surface area contributed by atoms with E-state index in [2.05, 4.69) is 10.6 Å². The smallest absolute Gasteiger partial charge is 0.407 e. The van der Waals surface area contributed by atoms with Crippen molar-refractivity contribution < 1.29 is 14.3 Å². The van der Waals surface area contributed by atoms with Crippen molar-refractivity contribution in [3.05, 3.63) is 30.3 Å². The Balaban J connectivity index is 2.09. The maximum absolute atomic E-state index is 11.5. The molecule has 5 nitrogen and oxygen atoms in total. The number of hydrogen-bond donors (Lipinski definition) is 2. The van der Waals surface area contributed by atoms with Gasteiger partial charge in [-0.25, -0.2) is 4.79 Å². The lowest BCUT2D eigenvalue weighted by Crippen LogP contribution is -2.42. The second kappa shape index (κ2) is 8.52. The van der Waals surface area contributed by atoms with Crippen LogP contribution in [0.5, 0.6) is 5.75 Å². The lowest BCUT2D eigenvalue weighted by Gasteiger charge is -2.21. The van der Waals surface area contributed by atoms with Crippen LogP contribution in [0, 0.1) is 0 Å². The van der Waals surface area contributed by atoms with Crippen molar-refractivity contribution in [3.63, 3.8) is 0 Å². The molecular weight excluding hydrogens is 268 g/mol. The van der Waals surface area contributed by atoms with Gasteiger partial charge < -0.3 is 20.1 Å². The number of para-hydroxylation sites is 1. The van der Waals surface area contributed by atoms with Gasteiger partial charge in [0, 0.05) is 19.1 Å². The molecule has 0 aliphatic rings. The molecule has 0 saturated heterocycles. The minimum atomic E-state index is -0.468. The second-order valence-electron chi connectivity index (χ2n) is 5.90. The predicted molar refractivity (Wildman–Crippen MR) is 83.6 cm³/mol. The summed E-state index contributed by atoms with van der Waals surface area (Å²) < 4.78 is 10.7. The summed E-state index contributed by atoms with van der Waals surface area (Å²) in [7, 11) is 0. The SMILES string of the molecule is CC(CNC(=O)OC(C)(C)C)NCCOc1ccccc1. The summed E-state index contributed by atoms with van der Waals surface area (Å²) in [5, 5.41) is 6.01. The van der Waals surface area contributed by atoms with Crippen molar-refractivity contribution >= 4 is 6.09 Å². The largest absolute Gasteiger partial charge is 0.492 e. The van der Waals surface area contributed by atoms with Gasteiger partial charge in [0.15, 0.2) is 0 Å². The Morgan fingerprint density at radius 3 is 2.52 bits per heavy atom. The zero-order chi connectivity index (χ0) is 15.7. The molecule has 1 aromatic rings. The zero-order valence-corrected chi connectivity index (χ0v) is 13.3. The van der Waals surface area contributed by atoms with Gasteiger partial charge in [-0.15, -0.1) is 0 Å². The van der Waals surface area contributed by atoms with Gasteiger partial charge in [0.25, 0.3) is 0 Å². The Bertz CT molecular complexity index is 415. The van der Waals surface area contributed by atoms with Crippen LogP contribution in [0.2, 0.25) is 0 Å². The van der Waals surface area contributed by atoms with Crippen molar-refractivity contribution in [1.82, 2.24) is 10.6 Å². The first-order chi connectivity index (χ1) is 9.87. The Morgan fingerprint density at radius 2 is 1.90 bits per heavy atom. The Labute approximate surface area is 127 Å². The van der Waals surface area contributed by atoms with E-state index in [0.717, 1.165) is 5.75 Å². The van der Waals surface area contributed by atoms with Crippen molar-refractivity contribution in [2.45, 2.75) is 39.3 Å². The van der Waals surface area contributed by atoms with E-state index in [1.165, 1.54) is 0 Å². The third-order valence-corrected chi connectivity index (χ3v) is 2.56. The van der Waals surface area contributed by atoms with E-state index < -0.39 is 11.7 Å². The van der Waals surface area contributed by atoms with Gasteiger partial charge in [-0.3, -0.25) is 0 Å². The summed E-state index contributed by atoms with van der Waals surface area (Å²) in [6.07, 6.45) is -0.392. The highest BCUT2D eigenvalue weighted by Gasteiger charge is 2.16. The molecule has 1 rings (SSSR count). The van der Waals surface area contributed by atoms with Crippen molar-refractivity contribution in [1.29, 1.82) is 0 Å². The molecule has 1 atom stereocenters. The number of nitrogens with one attached hydrogen (secondary N) is 2. The normalized spacial score (nSPS) is 12.6. The number of rotatable bonds is 7. The molecule has 0 aromatic heterocycles. The first kappa shape index (κ1) is 17.3. The van der Waals surface area contributed by atoms with Gasteiger partial charge in [-0.2, -0.15) is 0 Å². The molecule has 118 valence electrons. The number of carbonyl (C=O) groups is 1. The number of alkyl carbamates (subject to hydrolysis) is 1. The van der Waals surface area contributed by atoms with Crippen molar-refractivity contribution in [2.24, 2.45) is 0 Å². The lowest BCUT2D eigenvalue weighted by atomic mass is 10.2. The lowest BCUT2D eigenvalue weighted by molar-refractivity contribution is 0.0523. The first-order valence-corrected chi connectivity index (χ1v) is 7.25. The maximum atomic E-state index is 11.5. The molecule has 0 heterocycles. The molecule has 0 spiro atoms. The molecule has 1 aromatic carbocycles. The minimum absolute atomic E-state index is 0.150. The van der Waals surface area contributed by atoms with E-state index in [1.54, 1.807) is 0 Å². The van der Waals surface area contributed by atoms with Crippen LogP contribution in [0.25, 0.3) is 0 Å². The van der Waals surface area contributed by atoms with Crippen molar-refractivity contribution in [2.75, 3.05) is 19.7 Å². The molecule has 0 radical (unpaired) electrons. The molecule has 5 heteroatoms. The van der Waals surface area contributed by atoms with Crippen molar-refractivity contribution in [3.8, 4) is 5.75 Å². The van der Waals surface area contributed by atoms with Gasteiger partial charge in [0.2, 0.25) is 0 Å². The van der Waals surface area contributed by atoms with Crippen LogP contribution in [0.4, 0.5) is 4.79 Å². The summed E-state index contributed by atoms with van der Waals surface area (Å²) in [4.78, 5) is 11.5. The fourth-order valence-electron chi connectivity index (χ4n) is 1.61. The molecule has 0 saturated carbocycles. The third kappa shape index (κ3) is 8.92. The summed E-state index contributed by atoms with van der Waals surface area (Å²) >= 11 is 0. The summed E-state index contributed by atoms with van der Waals surface area (Å²) in [6.45, 7) is 9.34. The molecule has 0 bridgehead atoms. The van der Waals surface area contributed by atoms with Crippen LogP contribution in [0.3, 0.4) is 0 Å². The number of benzene rings is 1. The molecular formula is C16H26N2O3. The first-order valence-electron chi connectivity index (χ1n) is 7.25. The summed E-state index contributed by atoms with van der Waals surface area (Å²) in [5.41, 5.74) is -0.468. The summed E-state index contributed by atoms with van der Waals surface area (Å²) in [6, 6.07) is 9.83. The zero-order valence-electron chi connectivity index (χ0n) is 13.3. The highest BCUT2D eigenvalue weighted by Crippen LogP contribution is 2.07. The predicted octanol–water partition coefficient (Wildman–Crippen LogP) is 2.57. The van der Waals surface area contributed by atoms with Gasteiger partial charge >= 0.3 is 6.09 Å². The van der Waals surface area contributed by atoms with Crippen LogP contribution >= 0.6 is 0 Å². The van der Waals surface area contributed by atoms with Crippen LogP contribution < -0.4 is 15.4 Å². The van der Waals surface area contributed by atoms with E-state index >= 15 is 0 Å². The number of ether oxygens (including phenoxy) is 2. The van der Waals surface area contributed by atoms with E-state index in [9.17, 15) is 4.79 Å². The average Bonchev–Trinajstić information content (AvgIpc) is 2.41. The Morgan fingerprint density at radius 1 is 1.24 bits per heavy atom. The monoisotopic (exact) mass is 294 g/mol. The van der Waals surface area contributed by atoms with Crippen LogP contribution in [-0.4, -0.2) is 37.4 Å². The van der Waals surface area contributed by atoms with Gasteiger partial charge in [-0.1, -0.05) is 18.2 Å². The molecule has 0 aliphatic heterocycles. The number of hydrogen-bond acceptors (Lipinski definition) is 4. The van der Waals surface area contributed by atoms with E-state index in [-0.39, 0.29) is 6.04 Å². The van der Waals surface area contributed by atoms with E-state index in [1.807, 2.05) is 58.0 Å². The fourth-order valence-corrected chi connectivity index (χ4v) is 1.61. The van der Waals surface area contributed by atoms with E-state index in [0.29, 0.717) is 19.7 Å². The van der Waals surface area contributed by atoms with Crippen LogP contribution in [0.1, 0.15) is 27.7 Å². The highest BCUT2D eigenvalue weighted by atomic mass is 16.6. The molecule has 21 heavy (non-hydrogen) atoms. The molecule has 1 amide bonds. The fraction of sp³-hybridized carbons (Fsp3) is 0.562. The van der Waals surface area contributed by atoms with Gasteiger partial charge in [0.1, 0.15) is 18.0 Å². The minimum Gasteiger partial charge on any atom is -0.492 e. The topological polar surface area (TPSA) is 59.6 Å². The average molecular weight is 294 g/mol. The van der Waals surface area contributed by atoms with Gasteiger partial charge in [-0.05, 0) is 39.8 Å². The van der Waals surface area contributed by atoms with Crippen LogP contribution in [0.15, 0.2) is 30.3 Å². The molecule has 0 aliphatic carbocycles. The molecule has 1 unspecified atom stereocenters.